The molecule has 11 heavy (non-hydrogen) atoms. The van der Waals surface area contributed by atoms with Crippen LogP contribution in [0.15, 0.2) is 0 Å². The summed E-state index contributed by atoms with van der Waals surface area (Å²) >= 11 is 0. The second-order valence-electron chi connectivity index (χ2n) is 2.91. The summed E-state index contributed by atoms with van der Waals surface area (Å²) in [5, 5.41) is 0. The van der Waals surface area contributed by atoms with Gasteiger partial charge in [-0.1, -0.05) is 6.92 Å². The number of hydrogen-bond donors (Lipinski definition) is 0. The third-order valence-electron chi connectivity index (χ3n) is 1.95. The Morgan fingerprint density at radius 3 is 2.73 bits per heavy atom. The summed E-state index contributed by atoms with van der Waals surface area (Å²) in [5.41, 5.74) is 0. The van der Waals surface area contributed by atoms with E-state index >= 15 is 0 Å². The van der Waals surface area contributed by atoms with Crippen molar-refractivity contribution in [2.24, 2.45) is 0 Å². The normalized spacial score (nSPS) is 25.4. The predicted molar refractivity (Wildman–Crippen MR) is 40.1 cm³/mol. The summed E-state index contributed by atoms with van der Waals surface area (Å²) in [6.45, 7) is 3.99. The Morgan fingerprint density at radius 2 is 2.18 bits per heavy atom. The molecule has 0 saturated carbocycles. The summed E-state index contributed by atoms with van der Waals surface area (Å²) in [6, 6.07) is -2.58. The molecule has 3 heteroatoms. The standard InChI is InChI=1S/C8H14F2N/c1-2-6-11-7-4-3-5-8(11,9)10/h6H,2-5,7H2,1H3. The first-order valence-corrected chi connectivity index (χ1v) is 4.14. The van der Waals surface area contributed by atoms with Gasteiger partial charge in [0.25, 0.3) is 0 Å². The van der Waals surface area contributed by atoms with Crippen molar-refractivity contribution >= 4 is 0 Å². The van der Waals surface area contributed by atoms with Gasteiger partial charge in [-0.3, -0.25) is 0 Å². The largest absolute Gasteiger partial charge is 0.305 e. The van der Waals surface area contributed by atoms with Crippen molar-refractivity contribution in [3.8, 4) is 0 Å². The molecule has 1 aliphatic rings. The van der Waals surface area contributed by atoms with Crippen LogP contribution < -0.4 is 0 Å². The maximum Gasteiger partial charge on any atom is 0.305 e. The number of hydrogen-bond acceptors (Lipinski definition) is 1. The number of rotatable bonds is 2. The number of nitrogens with zero attached hydrogens (tertiary/aromatic N) is 1. The fourth-order valence-electron chi connectivity index (χ4n) is 1.37. The number of alkyl halides is 2. The van der Waals surface area contributed by atoms with Crippen LogP contribution in [-0.2, 0) is 0 Å². The minimum atomic E-state index is -2.58. The van der Waals surface area contributed by atoms with Gasteiger partial charge in [0.1, 0.15) is 0 Å². The summed E-state index contributed by atoms with van der Waals surface area (Å²) in [6.07, 6.45) is 2.26. The molecule has 65 valence electrons. The maximum absolute atomic E-state index is 13.0. The van der Waals surface area contributed by atoms with Crippen molar-refractivity contribution in [3.63, 3.8) is 0 Å². The van der Waals surface area contributed by atoms with E-state index in [1.807, 2.05) is 6.92 Å². The summed E-state index contributed by atoms with van der Waals surface area (Å²) in [5.74, 6) is 0. The van der Waals surface area contributed by atoms with Crippen LogP contribution in [0.5, 0.6) is 0 Å². The highest BCUT2D eigenvalue weighted by molar-refractivity contribution is 4.80. The lowest BCUT2D eigenvalue weighted by atomic mass is 10.1. The van der Waals surface area contributed by atoms with E-state index in [4.69, 9.17) is 0 Å². The van der Waals surface area contributed by atoms with E-state index in [2.05, 4.69) is 0 Å². The first kappa shape index (κ1) is 8.91. The highest BCUT2D eigenvalue weighted by atomic mass is 19.3. The zero-order valence-electron chi connectivity index (χ0n) is 6.82. The van der Waals surface area contributed by atoms with Gasteiger partial charge in [-0.15, -0.1) is 0 Å². The second kappa shape index (κ2) is 3.48. The molecule has 1 rings (SSSR count). The molecule has 0 aromatic rings. The molecule has 0 N–H and O–H groups in total. The van der Waals surface area contributed by atoms with E-state index in [1.165, 1.54) is 4.90 Å². The van der Waals surface area contributed by atoms with Crippen molar-refractivity contribution in [1.29, 1.82) is 0 Å². The SMILES string of the molecule is CC[CH]N1CCCCC1(F)F. The topological polar surface area (TPSA) is 3.24 Å². The minimum Gasteiger partial charge on any atom is -0.240 e. The quantitative estimate of drug-likeness (QED) is 0.564. The van der Waals surface area contributed by atoms with Crippen LogP contribution in [-0.4, -0.2) is 17.5 Å². The third kappa shape index (κ3) is 2.12. The van der Waals surface area contributed by atoms with Gasteiger partial charge in [0.2, 0.25) is 0 Å². The van der Waals surface area contributed by atoms with E-state index in [1.54, 1.807) is 6.54 Å². The van der Waals surface area contributed by atoms with Gasteiger partial charge >= 0.3 is 6.05 Å². The van der Waals surface area contributed by atoms with Gasteiger partial charge in [-0.2, -0.15) is 8.78 Å². The molecule has 1 saturated heterocycles. The maximum atomic E-state index is 13.0. The molecule has 0 spiro atoms. The average molecular weight is 162 g/mol. The van der Waals surface area contributed by atoms with E-state index in [0.717, 1.165) is 6.42 Å². The average Bonchev–Trinajstić information content (AvgIpc) is 1.94. The summed E-state index contributed by atoms with van der Waals surface area (Å²) in [4.78, 5) is 1.18. The van der Waals surface area contributed by atoms with Crippen molar-refractivity contribution in [2.45, 2.75) is 38.7 Å². The molecule has 1 aliphatic heterocycles. The molecular weight excluding hydrogens is 148 g/mol. The number of likely N-dealkylation sites (tertiary alicyclic amines) is 1. The van der Waals surface area contributed by atoms with Gasteiger partial charge in [-0.05, 0) is 19.3 Å². The van der Waals surface area contributed by atoms with Crippen molar-refractivity contribution in [3.05, 3.63) is 6.54 Å². The second-order valence-corrected chi connectivity index (χ2v) is 2.91. The summed E-state index contributed by atoms with van der Waals surface area (Å²) < 4.78 is 25.9. The first-order valence-electron chi connectivity index (χ1n) is 4.14. The van der Waals surface area contributed by atoms with E-state index in [9.17, 15) is 8.78 Å². The van der Waals surface area contributed by atoms with Crippen LogP contribution in [0.2, 0.25) is 0 Å². The van der Waals surface area contributed by atoms with Gasteiger partial charge in [0.05, 0.1) is 0 Å². The molecule has 0 atom stereocenters. The Balaban J connectivity index is 2.45. The smallest absolute Gasteiger partial charge is 0.240 e. The Kier molecular flexibility index (Phi) is 2.82. The van der Waals surface area contributed by atoms with Crippen molar-refractivity contribution in [1.82, 2.24) is 4.90 Å². The molecule has 1 heterocycles. The molecule has 0 aromatic carbocycles. The monoisotopic (exact) mass is 162 g/mol. The fourth-order valence-corrected chi connectivity index (χ4v) is 1.37. The Hall–Kier alpha value is -0.180. The molecule has 0 aromatic heterocycles. The molecule has 0 amide bonds. The third-order valence-corrected chi connectivity index (χ3v) is 1.95. The Morgan fingerprint density at radius 1 is 1.45 bits per heavy atom. The zero-order valence-corrected chi connectivity index (χ0v) is 6.82. The predicted octanol–water partition coefficient (Wildman–Crippen LogP) is 2.64. The zero-order chi connectivity index (χ0) is 8.32. The molecule has 0 unspecified atom stereocenters. The van der Waals surface area contributed by atoms with E-state index < -0.39 is 6.05 Å². The lowest BCUT2D eigenvalue weighted by molar-refractivity contribution is -0.153. The van der Waals surface area contributed by atoms with Crippen LogP contribution in [0.1, 0.15) is 32.6 Å². The molecule has 1 fully saturated rings. The van der Waals surface area contributed by atoms with Crippen LogP contribution >= 0.6 is 0 Å². The van der Waals surface area contributed by atoms with Gasteiger partial charge in [0.15, 0.2) is 0 Å². The molecule has 0 bridgehead atoms. The molecular formula is C8H14F2N. The molecule has 1 radical (unpaired) electrons. The first-order chi connectivity index (χ1) is 5.17. The lowest BCUT2D eigenvalue weighted by Crippen LogP contribution is -2.43. The summed E-state index contributed by atoms with van der Waals surface area (Å²) in [7, 11) is 0. The lowest BCUT2D eigenvalue weighted by Gasteiger charge is -2.34. The Labute approximate surface area is 66.4 Å². The van der Waals surface area contributed by atoms with Crippen LogP contribution in [0.4, 0.5) is 8.78 Å². The van der Waals surface area contributed by atoms with Crippen LogP contribution in [0.3, 0.4) is 0 Å². The fraction of sp³-hybridized carbons (Fsp3) is 0.875. The number of piperidine rings is 1. The van der Waals surface area contributed by atoms with Crippen molar-refractivity contribution < 1.29 is 8.78 Å². The molecule has 1 nitrogen and oxygen atoms in total. The highest BCUT2D eigenvalue weighted by Crippen LogP contribution is 2.31. The van der Waals surface area contributed by atoms with Crippen molar-refractivity contribution in [2.75, 3.05) is 6.54 Å². The molecule has 0 aliphatic carbocycles. The van der Waals surface area contributed by atoms with Crippen LogP contribution in [0.25, 0.3) is 0 Å². The van der Waals surface area contributed by atoms with Gasteiger partial charge in [-0.25, -0.2) is 4.90 Å². The highest BCUT2D eigenvalue weighted by Gasteiger charge is 2.38. The van der Waals surface area contributed by atoms with Gasteiger partial charge < -0.3 is 0 Å². The van der Waals surface area contributed by atoms with E-state index in [-0.39, 0.29) is 6.42 Å². The Bertz CT molecular complexity index is 123. The number of halogens is 2. The van der Waals surface area contributed by atoms with Gasteiger partial charge in [0, 0.05) is 19.5 Å². The van der Waals surface area contributed by atoms with E-state index in [0.29, 0.717) is 19.4 Å². The minimum absolute atomic E-state index is 0.0174. The van der Waals surface area contributed by atoms with Crippen LogP contribution in [0, 0.1) is 6.54 Å².